The van der Waals surface area contributed by atoms with Crippen LogP contribution in [0.4, 0.5) is 0 Å². The van der Waals surface area contributed by atoms with E-state index < -0.39 is 5.69 Å². The quantitative estimate of drug-likeness (QED) is 0.768. The van der Waals surface area contributed by atoms with E-state index in [1.165, 1.54) is 16.2 Å². The maximum absolute atomic E-state index is 11.8. The Hall–Kier alpha value is -1.60. The number of thioether (sulfide) groups is 1. The zero-order chi connectivity index (χ0) is 12.3. The summed E-state index contributed by atoms with van der Waals surface area (Å²) in [4.78, 5) is 23.5. The third kappa shape index (κ3) is 2.40. The molecule has 7 heteroatoms. The van der Waals surface area contributed by atoms with E-state index in [2.05, 4.69) is 5.10 Å². The van der Waals surface area contributed by atoms with Crippen molar-refractivity contribution in [2.24, 2.45) is 0 Å². The SMILES string of the molecule is O=C(CSCCO)n1nc2ccccn2c1=O. The molecule has 6 nitrogen and oxygen atoms in total. The number of carbonyl (C=O) groups excluding carboxylic acids is 1. The van der Waals surface area contributed by atoms with Crippen molar-refractivity contribution in [2.45, 2.75) is 0 Å². The number of aliphatic hydroxyl groups is 1. The van der Waals surface area contributed by atoms with Gasteiger partial charge in [-0.3, -0.25) is 4.79 Å². The van der Waals surface area contributed by atoms with E-state index in [-0.39, 0.29) is 18.3 Å². The first-order chi connectivity index (χ1) is 8.24. The molecule has 0 radical (unpaired) electrons. The van der Waals surface area contributed by atoms with Gasteiger partial charge in [-0.05, 0) is 12.1 Å². The molecule has 2 rings (SSSR count). The van der Waals surface area contributed by atoms with Gasteiger partial charge < -0.3 is 5.11 Å². The number of hydrogen-bond acceptors (Lipinski definition) is 5. The summed E-state index contributed by atoms with van der Waals surface area (Å²) < 4.78 is 2.17. The number of aliphatic hydroxyl groups excluding tert-OH is 1. The predicted octanol–water partition coefficient (Wildman–Crippen LogP) is -0.138. The minimum absolute atomic E-state index is 0.0119. The lowest BCUT2D eigenvalue weighted by Crippen LogP contribution is -2.28. The van der Waals surface area contributed by atoms with Gasteiger partial charge in [-0.15, -0.1) is 21.5 Å². The molecule has 0 aromatic carbocycles. The van der Waals surface area contributed by atoms with Crippen LogP contribution in [0.25, 0.3) is 5.65 Å². The van der Waals surface area contributed by atoms with Gasteiger partial charge in [-0.25, -0.2) is 9.20 Å². The van der Waals surface area contributed by atoms with Crippen LogP contribution in [0.5, 0.6) is 0 Å². The second kappa shape index (κ2) is 5.15. The number of rotatable bonds is 4. The van der Waals surface area contributed by atoms with Crippen molar-refractivity contribution in [3.63, 3.8) is 0 Å². The molecule has 2 aromatic heterocycles. The molecule has 0 fully saturated rings. The molecule has 2 heterocycles. The fraction of sp³-hybridized carbons (Fsp3) is 0.300. The average molecular weight is 253 g/mol. The molecule has 0 unspecified atom stereocenters. The molecular formula is C10H11N3O3S. The van der Waals surface area contributed by atoms with Gasteiger partial charge in [-0.1, -0.05) is 6.07 Å². The summed E-state index contributed by atoms with van der Waals surface area (Å²) in [5, 5.41) is 12.5. The van der Waals surface area contributed by atoms with E-state index in [1.807, 2.05) is 0 Å². The first-order valence-corrected chi connectivity index (χ1v) is 6.17. The van der Waals surface area contributed by atoms with Crippen molar-refractivity contribution in [3.05, 3.63) is 34.9 Å². The van der Waals surface area contributed by atoms with E-state index >= 15 is 0 Å². The van der Waals surface area contributed by atoms with Crippen molar-refractivity contribution >= 4 is 23.3 Å². The molecule has 0 atom stereocenters. The Morgan fingerprint density at radius 1 is 1.47 bits per heavy atom. The van der Waals surface area contributed by atoms with Crippen LogP contribution in [0.1, 0.15) is 4.79 Å². The molecule has 0 aliphatic carbocycles. The molecule has 0 aliphatic heterocycles. The topological polar surface area (TPSA) is 76.6 Å². The van der Waals surface area contributed by atoms with Crippen LogP contribution in [-0.4, -0.2) is 43.3 Å². The molecule has 0 amide bonds. The lowest BCUT2D eigenvalue weighted by Gasteiger charge is -1.97. The lowest BCUT2D eigenvalue weighted by atomic mass is 10.5. The molecule has 17 heavy (non-hydrogen) atoms. The highest BCUT2D eigenvalue weighted by atomic mass is 32.2. The Balaban J connectivity index is 2.27. The monoisotopic (exact) mass is 253 g/mol. The van der Waals surface area contributed by atoms with Gasteiger partial charge in [0.2, 0.25) is 0 Å². The van der Waals surface area contributed by atoms with E-state index in [9.17, 15) is 9.59 Å². The van der Waals surface area contributed by atoms with Gasteiger partial charge in [-0.2, -0.15) is 0 Å². The highest BCUT2D eigenvalue weighted by Gasteiger charge is 2.12. The van der Waals surface area contributed by atoms with Crippen LogP contribution < -0.4 is 5.69 Å². The number of pyridine rings is 1. The molecular weight excluding hydrogens is 242 g/mol. The van der Waals surface area contributed by atoms with Crippen LogP contribution in [0, 0.1) is 0 Å². The van der Waals surface area contributed by atoms with Crippen molar-refractivity contribution < 1.29 is 9.90 Å². The fourth-order valence-electron chi connectivity index (χ4n) is 1.37. The van der Waals surface area contributed by atoms with Crippen LogP contribution >= 0.6 is 11.8 Å². The van der Waals surface area contributed by atoms with E-state index in [0.29, 0.717) is 11.4 Å². The fourth-order valence-corrected chi connectivity index (χ4v) is 1.94. The lowest BCUT2D eigenvalue weighted by molar-refractivity contribution is 0.0922. The average Bonchev–Trinajstić information content (AvgIpc) is 2.68. The molecule has 0 saturated heterocycles. The van der Waals surface area contributed by atoms with E-state index in [0.717, 1.165) is 4.68 Å². The number of nitrogens with zero attached hydrogens (tertiary/aromatic N) is 3. The molecule has 1 N–H and O–H groups in total. The number of carbonyl (C=O) groups is 1. The maximum Gasteiger partial charge on any atom is 0.357 e. The van der Waals surface area contributed by atoms with Crippen molar-refractivity contribution in [1.29, 1.82) is 0 Å². The summed E-state index contributed by atoms with van der Waals surface area (Å²) in [6.45, 7) is 0.0119. The second-order valence-electron chi connectivity index (χ2n) is 3.29. The van der Waals surface area contributed by atoms with Gasteiger partial charge >= 0.3 is 5.69 Å². The smallest absolute Gasteiger partial charge is 0.357 e. The van der Waals surface area contributed by atoms with Crippen LogP contribution in [0.15, 0.2) is 29.2 Å². The minimum atomic E-state index is -0.463. The van der Waals surface area contributed by atoms with Gasteiger partial charge in [0, 0.05) is 11.9 Å². The van der Waals surface area contributed by atoms with E-state index in [1.54, 1.807) is 24.4 Å². The summed E-state index contributed by atoms with van der Waals surface area (Å²) in [5.74, 6) is 0.218. The van der Waals surface area contributed by atoms with Crippen molar-refractivity contribution in [3.8, 4) is 0 Å². The first-order valence-electron chi connectivity index (χ1n) is 5.02. The zero-order valence-electron chi connectivity index (χ0n) is 8.94. The first kappa shape index (κ1) is 11.9. The molecule has 2 aromatic rings. The molecule has 0 aliphatic rings. The summed E-state index contributed by atoms with van der Waals surface area (Å²) in [7, 11) is 0. The van der Waals surface area contributed by atoms with Crippen molar-refractivity contribution in [1.82, 2.24) is 14.2 Å². The summed E-state index contributed by atoms with van der Waals surface area (Å²) in [5.41, 5.74) is -0.0202. The third-order valence-electron chi connectivity index (χ3n) is 2.13. The standard InChI is InChI=1S/C10H11N3O3S/c14-5-6-17-7-9(15)13-10(16)12-4-2-1-3-8(12)11-13/h1-4,14H,5-7H2. The third-order valence-corrected chi connectivity index (χ3v) is 3.05. The van der Waals surface area contributed by atoms with Crippen LogP contribution in [0.3, 0.4) is 0 Å². The second-order valence-corrected chi connectivity index (χ2v) is 4.40. The van der Waals surface area contributed by atoms with Crippen molar-refractivity contribution in [2.75, 3.05) is 18.1 Å². The Bertz CT molecular complexity index is 590. The van der Waals surface area contributed by atoms with Gasteiger partial charge in [0.25, 0.3) is 5.91 Å². The molecule has 0 spiro atoms. The number of fused-ring (bicyclic) bond motifs is 1. The largest absolute Gasteiger partial charge is 0.396 e. The molecule has 0 bridgehead atoms. The van der Waals surface area contributed by atoms with Crippen LogP contribution in [0.2, 0.25) is 0 Å². The Morgan fingerprint density at radius 3 is 3.00 bits per heavy atom. The Labute approximate surface area is 101 Å². The highest BCUT2D eigenvalue weighted by molar-refractivity contribution is 7.99. The van der Waals surface area contributed by atoms with Crippen LogP contribution in [-0.2, 0) is 0 Å². The number of hydrogen-bond donors (Lipinski definition) is 1. The van der Waals surface area contributed by atoms with Gasteiger partial charge in [0.1, 0.15) is 0 Å². The zero-order valence-corrected chi connectivity index (χ0v) is 9.76. The van der Waals surface area contributed by atoms with Gasteiger partial charge in [0.15, 0.2) is 5.65 Å². The Morgan fingerprint density at radius 2 is 2.29 bits per heavy atom. The van der Waals surface area contributed by atoms with Gasteiger partial charge in [0.05, 0.1) is 12.4 Å². The summed E-state index contributed by atoms with van der Waals surface area (Å²) in [6.07, 6.45) is 1.56. The Kier molecular flexibility index (Phi) is 3.60. The summed E-state index contributed by atoms with van der Waals surface area (Å²) in [6, 6.07) is 5.11. The highest BCUT2D eigenvalue weighted by Crippen LogP contribution is 2.00. The molecule has 0 saturated carbocycles. The maximum atomic E-state index is 11.8. The van der Waals surface area contributed by atoms with E-state index in [4.69, 9.17) is 5.11 Å². The normalized spacial score (nSPS) is 10.9. The predicted molar refractivity (Wildman–Crippen MR) is 64.5 cm³/mol. The number of aromatic nitrogens is 3. The summed E-state index contributed by atoms with van der Waals surface area (Å²) >= 11 is 1.27. The minimum Gasteiger partial charge on any atom is -0.396 e. The molecule has 90 valence electrons.